The van der Waals surface area contributed by atoms with Crippen molar-refractivity contribution in [2.24, 2.45) is 0 Å². The maximum Gasteiger partial charge on any atom is 0.253 e. The zero-order chi connectivity index (χ0) is 25.9. The Kier molecular flexibility index (Phi) is 7.40. The van der Waals surface area contributed by atoms with Crippen LogP contribution in [0.5, 0.6) is 5.75 Å². The molecule has 1 N–H and O–H groups in total. The molecule has 2 aromatic carbocycles. The average molecular weight is 524 g/mol. The van der Waals surface area contributed by atoms with Crippen LogP contribution in [0.25, 0.3) is 10.9 Å². The summed E-state index contributed by atoms with van der Waals surface area (Å²) in [7, 11) is 3.24. The first-order valence-corrected chi connectivity index (χ1v) is 12.6. The Morgan fingerprint density at radius 1 is 1.08 bits per heavy atom. The molecule has 4 aromatic rings. The Hall–Kier alpha value is -3.47. The maximum absolute atomic E-state index is 13.5. The van der Waals surface area contributed by atoms with Crippen molar-refractivity contribution in [3.63, 3.8) is 0 Å². The molecule has 1 aliphatic rings. The first-order valence-electron chi connectivity index (χ1n) is 12.2. The Morgan fingerprint density at radius 2 is 1.89 bits per heavy atom. The fourth-order valence-corrected chi connectivity index (χ4v) is 5.08. The van der Waals surface area contributed by atoms with Crippen LogP contribution in [0.2, 0.25) is 5.02 Å². The van der Waals surface area contributed by atoms with Gasteiger partial charge >= 0.3 is 0 Å². The van der Waals surface area contributed by atoms with Gasteiger partial charge in [0.1, 0.15) is 11.8 Å². The van der Waals surface area contributed by atoms with Crippen LogP contribution in [-0.4, -0.2) is 77.1 Å². The first-order chi connectivity index (χ1) is 18.0. The summed E-state index contributed by atoms with van der Waals surface area (Å²) in [5.74, 6) is 1.30. The van der Waals surface area contributed by atoms with Gasteiger partial charge in [-0.25, -0.2) is 4.68 Å². The number of rotatable bonds is 8. The first kappa shape index (κ1) is 25.2. The van der Waals surface area contributed by atoms with E-state index in [9.17, 15) is 4.79 Å². The van der Waals surface area contributed by atoms with Crippen molar-refractivity contribution in [1.82, 2.24) is 30.1 Å². The fraction of sp³-hybridized carbons (Fsp3) is 0.385. The number of hydrogen-bond donors (Lipinski definition) is 1. The van der Waals surface area contributed by atoms with Gasteiger partial charge in [-0.1, -0.05) is 17.7 Å². The van der Waals surface area contributed by atoms with Crippen molar-refractivity contribution in [2.75, 3.05) is 51.9 Å². The second-order valence-corrected chi connectivity index (χ2v) is 9.55. The van der Waals surface area contributed by atoms with Crippen LogP contribution in [-0.2, 0) is 11.3 Å². The standard InChI is InChI=1S/C26H30ClN7O3/c1-17-4-6-19(27)15-23(17)32-8-10-33(11-9-32)24(25-29-30-31-34(25)12-13-36-2)21-14-18-5-7-20(37-3)16-22(18)28-26(21)35/h4-7,14-16,24H,8-13H2,1-3H3,(H,28,35)/t24-/m1/s1. The van der Waals surface area contributed by atoms with Crippen molar-refractivity contribution in [2.45, 2.75) is 19.5 Å². The van der Waals surface area contributed by atoms with Crippen LogP contribution in [0.15, 0.2) is 47.3 Å². The molecular formula is C26H30ClN7O3. The summed E-state index contributed by atoms with van der Waals surface area (Å²) in [6.45, 7) is 6.02. The van der Waals surface area contributed by atoms with E-state index in [1.807, 2.05) is 42.5 Å². The Labute approximate surface area is 219 Å². The number of nitrogens with zero attached hydrogens (tertiary/aromatic N) is 6. The van der Waals surface area contributed by atoms with Gasteiger partial charge in [0.25, 0.3) is 5.56 Å². The van der Waals surface area contributed by atoms with Crippen LogP contribution >= 0.6 is 11.6 Å². The summed E-state index contributed by atoms with van der Waals surface area (Å²) in [6.07, 6.45) is 0. The molecule has 3 heterocycles. The van der Waals surface area contributed by atoms with Gasteiger partial charge in [-0.2, -0.15) is 0 Å². The number of benzene rings is 2. The highest BCUT2D eigenvalue weighted by atomic mass is 35.5. The molecule has 10 nitrogen and oxygen atoms in total. The minimum atomic E-state index is -0.426. The number of H-pyrrole nitrogens is 1. The average Bonchev–Trinajstić information content (AvgIpc) is 3.37. The monoisotopic (exact) mass is 523 g/mol. The lowest BCUT2D eigenvalue weighted by molar-refractivity contribution is 0.171. The van der Waals surface area contributed by atoms with Crippen molar-refractivity contribution in [1.29, 1.82) is 0 Å². The number of piperazine rings is 1. The molecule has 1 fully saturated rings. The van der Waals surface area contributed by atoms with Crippen LogP contribution < -0.4 is 15.2 Å². The van der Waals surface area contributed by atoms with E-state index in [-0.39, 0.29) is 5.56 Å². The molecule has 1 aliphatic heterocycles. The van der Waals surface area contributed by atoms with E-state index in [1.165, 1.54) is 5.56 Å². The summed E-state index contributed by atoms with van der Waals surface area (Å²) >= 11 is 6.29. The van der Waals surface area contributed by atoms with Crippen molar-refractivity contribution in [3.8, 4) is 5.75 Å². The van der Waals surface area contributed by atoms with E-state index in [2.05, 4.69) is 37.2 Å². The number of ether oxygens (including phenoxy) is 2. The number of aromatic amines is 1. The Morgan fingerprint density at radius 3 is 2.65 bits per heavy atom. The number of nitrogens with one attached hydrogen (secondary N) is 1. The number of aromatic nitrogens is 5. The minimum absolute atomic E-state index is 0.180. The number of aryl methyl sites for hydroxylation is 1. The van der Waals surface area contributed by atoms with Crippen LogP contribution in [0, 0.1) is 6.92 Å². The lowest BCUT2D eigenvalue weighted by Gasteiger charge is -2.40. The molecule has 0 aliphatic carbocycles. The quantitative estimate of drug-likeness (QED) is 0.376. The molecule has 0 radical (unpaired) electrons. The zero-order valence-corrected chi connectivity index (χ0v) is 21.9. The molecule has 11 heteroatoms. The fourth-order valence-electron chi connectivity index (χ4n) is 4.91. The Balaban J connectivity index is 1.52. The van der Waals surface area contributed by atoms with Gasteiger partial charge < -0.3 is 19.4 Å². The summed E-state index contributed by atoms with van der Waals surface area (Å²) in [4.78, 5) is 21.1. The van der Waals surface area contributed by atoms with Crippen molar-refractivity contribution in [3.05, 3.63) is 74.8 Å². The van der Waals surface area contributed by atoms with E-state index < -0.39 is 6.04 Å². The van der Waals surface area contributed by atoms with Crippen molar-refractivity contribution >= 4 is 28.2 Å². The number of anilines is 1. The normalized spacial score (nSPS) is 15.3. The molecule has 1 saturated heterocycles. The lowest BCUT2D eigenvalue weighted by Crippen LogP contribution is -2.49. The molecule has 0 amide bonds. The summed E-state index contributed by atoms with van der Waals surface area (Å²) < 4.78 is 12.3. The second-order valence-electron chi connectivity index (χ2n) is 9.12. The molecular weight excluding hydrogens is 494 g/mol. The second kappa shape index (κ2) is 10.9. The minimum Gasteiger partial charge on any atom is -0.497 e. The molecule has 1 atom stereocenters. The molecule has 0 saturated carbocycles. The predicted octanol–water partition coefficient (Wildman–Crippen LogP) is 3.04. The lowest BCUT2D eigenvalue weighted by atomic mass is 10.0. The predicted molar refractivity (Wildman–Crippen MR) is 143 cm³/mol. The van der Waals surface area contributed by atoms with Gasteiger partial charge in [-0.15, -0.1) is 5.10 Å². The van der Waals surface area contributed by atoms with E-state index in [1.54, 1.807) is 18.9 Å². The molecule has 194 valence electrons. The van der Waals surface area contributed by atoms with Crippen LogP contribution in [0.1, 0.15) is 23.0 Å². The number of methoxy groups -OCH3 is 2. The van der Waals surface area contributed by atoms with Crippen LogP contribution in [0.4, 0.5) is 5.69 Å². The topological polar surface area (TPSA) is 101 Å². The van der Waals surface area contributed by atoms with E-state index in [0.717, 1.165) is 29.2 Å². The molecule has 0 spiro atoms. The highest BCUT2D eigenvalue weighted by Gasteiger charge is 2.33. The van der Waals surface area contributed by atoms with Gasteiger partial charge in [0.2, 0.25) is 0 Å². The third-order valence-corrected chi connectivity index (χ3v) is 7.11. The van der Waals surface area contributed by atoms with Gasteiger partial charge in [0.05, 0.1) is 25.8 Å². The van der Waals surface area contributed by atoms with Crippen LogP contribution in [0.3, 0.4) is 0 Å². The van der Waals surface area contributed by atoms with Gasteiger partial charge in [-0.3, -0.25) is 9.69 Å². The number of halogens is 1. The third kappa shape index (κ3) is 5.18. The summed E-state index contributed by atoms with van der Waals surface area (Å²) in [6, 6.07) is 13.1. The van der Waals surface area contributed by atoms with Gasteiger partial charge in [0, 0.05) is 55.6 Å². The molecule has 0 unspecified atom stereocenters. The number of fused-ring (bicyclic) bond motifs is 1. The van der Waals surface area contributed by atoms with E-state index in [4.69, 9.17) is 21.1 Å². The number of hydrogen-bond acceptors (Lipinski definition) is 8. The molecule has 5 rings (SSSR count). The molecule has 0 bridgehead atoms. The van der Waals surface area contributed by atoms with E-state index >= 15 is 0 Å². The smallest absolute Gasteiger partial charge is 0.253 e. The van der Waals surface area contributed by atoms with Gasteiger partial charge in [0.15, 0.2) is 5.82 Å². The third-order valence-electron chi connectivity index (χ3n) is 6.88. The Bertz CT molecular complexity index is 1450. The molecule has 2 aromatic heterocycles. The van der Waals surface area contributed by atoms with Crippen molar-refractivity contribution < 1.29 is 9.47 Å². The molecule has 37 heavy (non-hydrogen) atoms. The summed E-state index contributed by atoms with van der Waals surface area (Å²) in [5.41, 5.74) is 3.44. The zero-order valence-electron chi connectivity index (χ0n) is 21.1. The highest BCUT2D eigenvalue weighted by Crippen LogP contribution is 2.31. The summed E-state index contributed by atoms with van der Waals surface area (Å²) in [5, 5.41) is 14.1. The van der Waals surface area contributed by atoms with Gasteiger partial charge in [-0.05, 0) is 58.6 Å². The SMILES string of the molecule is COCCn1nnnc1[C@@H](c1cc2ccc(OC)cc2[nH]c1=O)N1CCN(c2cc(Cl)ccc2C)CC1. The van der Waals surface area contributed by atoms with E-state index in [0.29, 0.717) is 48.9 Å². The number of tetrazole rings is 1. The highest BCUT2D eigenvalue weighted by molar-refractivity contribution is 6.30. The number of pyridine rings is 1. The maximum atomic E-state index is 13.5. The largest absolute Gasteiger partial charge is 0.497 e.